The minimum absolute atomic E-state index is 0.167. The van der Waals surface area contributed by atoms with Gasteiger partial charge in [0.1, 0.15) is 6.04 Å². The summed E-state index contributed by atoms with van der Waals surface area (Å²) >= 11 is 0. The summed E-state index contributed by atoms with van der Waals surface area (Å²) in [7, 11) is 0. The van der Waals surface area contributed by atoms with Gasteiger partial charge in [-0.2, -0.15) is 0 Å². The van der Waals surface area contributed by atoms with Crippen LogP contribution in [0.2, 0.25) is 0 Å². The van der Waals surface area contributed by atoms with E-state index in [1.807, 2.05) is 5.32 Å². The van der Waals surface area contributed by atoms with Crippen LogP contribution in [-0.2, 0) is 9.59 Å². The van der Waals surface area contributed by atoms with Gasteiger partial charge in [0.2, 0.25) is 5.76 Å². The van der Waals surface area contributed by atoms with Gasteiger partial charge < -0.3 is 20.1 Å². The molecule has 1 amide bonds. The maximum absolute atomic E-state index is 11.5. The first-order chi connectivity index (χ1) is 7.90. The molecule has 17 heavy (non-hydrogen) atoms. The molecule has 1 aromatic rings. The van der Waals surface area contributed by atoms with Gasteiger partial charge in [-0.25, -0.2) is 4.79 Å². The number of hydrogen-bond donors (Lipinski definition) is 3. The lowest BCUT2D eigenvalue weighted by Crippen LogP contribution is -2.42. The predicted octanol–water partition coefficient (Wildman–Crippen LogP) is -0.359. The molecule has 1 rings (SSSR count). The number of carbonyl (C=O) groups excluding carboxylic acids is 1. The summed E-state index contributed by atoms with van der Waals surface area (Å²) in [5.41, 5.74) is 0.459. The Balaban J connectivity index is 2.70. The average molecular weight is 242 g/mol. The van der Waals surface area contributed by atoms with Crippen molar-refractivity contribution < 1.29 is 29.1 Å². The van der Waals surface area contributed by atoms with Crippen molar-refractivity contribution in [2.45, 2.75) is 19.4 Å². The number of aromatic nitrogens is 1. The van der Waals surface area contributed by atoms with E-state index >= 15 is 0 Å². The molecule has 0 saturated carbocycles. The van der Waals surface area contributed by atoms with Gasteiger partial charge in [-0.3, -0.25) is 9.59 Å². The molecule has 1 heterocycles. The zero-order chi connectivity index (χ0) is 13.0. The molecule has 0 fully saturated rings. The molecular weight excluding hydrogens is 232 g/mol. The van der Waals surface area contributed by atoms with Crippen molar-refractivity contribution in [3.8, 4) is 0 Å². The van der Waals surface area contributed by atoms with Gasteiger partial charge in [0.15, 0.2) is 0 Å². The first-order valence-corrected chi connectivity index (χ1v) is 4.59. The standard InChI is InChI=1S/C9H10N2O6/c1-4-2-6(17-11-4)8(14)10-5(9(15)16)3-7(12)13/h2,5H,3H2,1H3,(H,10,14)(H,12,13)(H,15,16)/t5-/m0/s1. The van der Waals surface area contributed by atoms with E-state index in [4.69, 9.17) is 10.2 Å². The van der Waals surface area contributed by atoms with Crippen molar-refractivity contribution in [2.75, 3.05) is 0 Å². The Bertz CT molecular complexity index is 452. The van der Waals surface area contributed by atoms with E-state index in [1.54, 1.807) is 6.92 Å². The quantitative estimate of drug-likeness (QED) is 0.642. The summed E-state index contributed by atoms with van der Waals surface area (Å²) in [5.74, 6) is -3.75. The van der Waals surface area contributed by atoms with Crippen LogP contribution in [0.3, 0.4) is 0 Å². The van der Waals surface area contributed by atoms with E-state index in [1.165, 1.54) is 6.07 Å². The minimum atomic E-state index is -1.51. The molecule has 0 aliphatic heterocycles. The maximum atomic E-state index is 11.5. The van der Waals surface area contributed by atoms with Crippen molar-refractivity contribution >= 4 is 17.8 Å². The van der Waals surface area contributed by atoms with E-state index in [2.05, 4.69) is 9.68 Å². The molecule has 0 bridgehead atoms. The van der Waals surface area contributed by atoms with Crippen LogP contribution in [-0.4, -0.2) is 39.3 Å². The lowest BCUT2D eigenvalue weighted by molar-refractivity contribution is -0.145. The van der Waals surface area contributed by atoms with Crippen molar-refractivity contribution in [1.29, 1.82) is 0 Å². The number of nitrogens with one attached hydrogen (secondary N) is 1. The van der Waals surface area contributed by atoms with Gasteiger partial charge in [0, 0.05) is 6.07 Å². The van der Waals surface area contributed by atoms with Crippen LogP contribution in [0.15, 0.2) is 10.6 Å². The van der Waals surface area contributed by atoms with Gasteiger partial charge in [0.05, 0.1) is 12.1 Å². The molecule has 8 nitrogen and oxygen atoms in total. The lowest BCUT2D eigenvalue weighted by Gasteiger charge is -2.10. The van der Waals surface area contributed by atoms with Gasteiger partial charge in [-0.1, -0.05) is 5.16 Å². The molecule has 0 aliphatic carbocycles. The number of carboxylic acids is 2. The number of nitrogens with zero attached hydrogens (tertiary/aromatic N) is 1. The number of carbonyl (C=O) groups is 3. The second-order valence-corrected chi connectivity index (χ2v) is 3.29. The summed E-state index contributed by atoms with van der Waals surface area (Å²) in [6.07, 6.45) is -0.714. The Hall–Kier alpha value is -2.38. The molecular formula is C9H10N2O6. The number of amides is 1. The third kappa shape index (κ3) is 3.59. The summed E-state index contributed by atoms with van der Waals surface area (Å²) in [6, 6.07) is -0.194. The number of aliphatic carboxylic acids is 2. The number of rotatable bonds is 5. The molecule has 8 heteroatoms. The van der Waals surface area contributed by atoms with Crippen LogP contribution < -0.4 is 5.32 Å². The zero-order valence-electron chi connectivity index (χ0n) is 8.84. The SMILES string of the molecule is Cc1cc(C(=O)N[C@@H](CC(=O)O)C(=O)O)on1. The van der Waals surface area contributed by atoms with Crippen LogP contribution in [0.1, 0.15) is 22.7 Å². The van der Waals surface area contributed by atoms with Crippen molar-refractivity contribution in [3.05, 3.63) is 17.5 Å². The van der Waals surface area contributed by atoms with Crippen LogP contribution in [0.4, 0.5) is 0 Å². The van der Waals surface area contributed by atoms with E-state index < -0.39 is 30.3 Å². The molecule has 0 aromatic carbocycles. The Kier molecular flexibility index (Phi) is 3.81. The normalized spacial score (nSPS) is 11.8. The van der Waals surface area contributed by atoms with Gasteiger partial charge in [0.25, 0.3) is 5.91 Å². The highest BCUT2D eigenvalue weighted by molar-refractivity contribution is 5.95. The third-order valence-electron chi connectivity index (χ3n) is 1.83. The van der Waals surface area contributed by atoms with Crippen LogP contribution in [0, 0.1) is 6.92 Å². The molecule has 0 radical (unpaired) electrons. The smallest absolute Gasteiger partial charge is 0.326 e. The number of carboxylic acid groups (broad SMARTS) is 2. The molecule has 1 aromatic heterocycles. The van der Waals surface area contributed by atoms with E-state index in [0.717, 1.165) is 0 Å². The Morgan fingerprint density at radius 1 is 1.47 bits per heavy atom. The Morgan fingerprint density at radius 2 is 2.12 bits per heavy atom. The fourth-order valence-electron chi connectivity index (χ4n) is 1.07. The van der Waals surface area contributed by atoms with Crippen molar-refractivity contribution in [2.24, 2.45) is 0 Å². The molecule has 3 N–H and O–H groups in total. The first kappa shape index (κ1) is 12.7. The highest BCUT2D eigenvalue weighted by Crippen LogP contribution is 2.03. The fraction of sp³-hybridized carbons (Fsp3) is 0.333. The van der Waals surface area contributed by atoms with E-state index in [0.29, 0.717) is 5.69 Å². The van der Waals surface area contributed by atoms with E-state index in [-0.39, 0.29) is 5.76 Å². The van der Waals surface area contributed by atoms with Crippen LogP contribution >= 0.6 is 0 Å². The molecule has 0 aliphatic rings. The van der Waals surface area contributed by atoms with Crippen molar-refractivity contribution in [3.63, 3.8) is 0 Å². The third-order valence-corrected chi connectivity index (χ3v) is 1.83. The molecule has 1 atom stereocenters. The lowest BCUT2D eigenvalue weighted by atomic mass is 10.2. The van der Waals surface area contributed by atoms with Gasteiger partial charge >= 0.3 is 11.9 Å². The second kappa shape index (κ2) is 5.10. The Labute approximate surface area is 95.2 Å². The molecule has 0 saturated heterocycles. The Morgan fingerprint density at radius 3 is 2.53 bits per heavy atom. The first-order valence-electron chi connectivity index (χ1n) is 4.59. The largest absolute Gasteiger partial charge is 0.481 e. The summed E-state index contributed by atoms with van der Waals surface area (Å²) < 4.78 is 4.61. The topological polar surface area (TPSA) is 130 Å². The number of hydrogen-bond acceptors (Lipinski definition) is 5. The van der Waals surface area contributed by atoms with E-state index in [9.17, 15) is 14.4 Å². The maximum Gasteiger partial charge on any atom is 0.326 e. The van der Waals surface area contributed by atoms with Crippen molar-refractivity contribution in [1.82, 2.24) is 10.5 Å². The highest BCUT2D eigenvalue weighted by atomic mass is 16.5. The summed E-state index contributed by atoms with van der Waals surface area (Å²) in [4.78, 5) is 32.5. The minimum Gasteiger partial charge on any atom is -0.481 e. The monoisotopic (exact) mass is 242 g/mol. The van der Waals surface area contributed by atoms with Crippen LogP contribution in [0.25, 0.3) is 0 Å². The highest BCUT2D eigenvalue weighted by Gasteiger charge is 2.25. The van der Waals surface area contributed by atoms with Crippen LogP contribution in [0.5, 0.6) is 0 Å². The second-order valence-electron chi connectivity index (χ2n) is 3.29. The molecule has 92 valence electrons. The summed E-state index contributed by atoms with van der Waals surface area (Å²) in [6.45, 7) is 1.59. The predicted molar refractivity (Wildman–Crippen MR) is 52.4 cm³/mol. The summed E-state index contributed by atoms with van der Waals surface area (Å²) in [5, 5.41) is 22.6. The van der Waals surface area contributed by atoms with Gasteiger partial charge in [-0.05, 0) is 6.92 Å². The molecule has 0 spiro atoms. The van der Waals surface area contributed by atoms with Gasteiger partial charge in [-0.15, -0.1) is 0 Å². The number of aryl methyl sites for hydroxylation is 1. The average Bonchev–Trinajstić information content (AvgIpc) is 2.63. The molecule has 0 unspecified atom stereocenters. The zero-order valence-corrected chi connectivity index (χ0v) is 8.84. The fourth-order valence-corrected chi connectivity index (χ4v) is 1.07.